The van der Waals surface area contributed by atoms with E-state index in [1.165, 1.54) is 0 Å². The number of aromatic nitrogens is 2. The molecule has 1 aliphatic heterocycles. The number of anilines is 2. The number of hydrogen-bond acceptors (Lipinski definition) is 5. The fraction of sp³-hybridized carbons (Fsp3) is 0.412. The molecule has 3 heterocycles. The Morgan fingerprint density at radius 3 is 2.82 bits per heavy atom. The zero-order valence-electron chi connectivity index (χ0n) is 12.8. The molecule has 1 aliphatic rings. The maximum Gasteiger partial charge on any atom is 0.0736 e. The van der Waals surface area contributed by atoms with Crippen LogP contribution in [0.3, 0.4) is 0 Å². The molecule has 22 heavy (non-hydrogen) atoms. The summed E-state index contributed by atoms with van der Waals surface area (Å²) in [4.78, 5) is 8.89. The second-order valence-electron chi connectivity index (χ2n) is 5.70. The zero-order chi connectivity index (χ0) is 15.4. The van der Waals surface area contributed by atoms with Crippen LogP contribution in [0.4, 0.5) is 11.4 Å². The van der Waals surface area contributed by atoms with Gasteiger partial charge in [-0.25, -0.2) is 0 Å². The van der Waals surface area contributed by atoms with Gasteiger partial charge in [0.1, 0.15) is 0 Å². The van der Waals surface area contributed by atoms with Crippen molar-refractivity contribution in [1.29, 1.82) is 0 Å². The molecule has 3 rings (SSSR count). The minimum Gasteiger partial charge on any atom is -0.396 e. The Labute approximate surface area is 130 Å². The van der Waals surface area contributed by atoms with Crippen molar-refractivity contribution < 1.29 is 4.74 Å². The summed E-state index contributed by atoms with van der Waals surface area (Å²) < 4.78 is 5.42. The van der Waals surface area contributed by atoms with Crippen molar-refractivity contribution in [2.24, 2.45) is 0 Å². The molecule has 5 heteroatoms. The zero-order valence-corrected chi connectivity index (χ0v) is 12.8. The minimum atomic E-state index is 0.0911. The van der Waals surface area contributed by atoms with Crippen LogP contribution in [0.2, 0.25) is 0 Å². The van der Waals surface area contributed by atoms with E-state index in [9.17, 15) is 0 Å². The summed E-state index contributed by atoms with van der Waals surface area (Å²) in [6.07, 6.45) is 5.59. The van der Waals surface area contributed by atoms with Crippen molar-refractivity contribution >= 4 is 11.4 Å². The van der Waals surface area contributed by atoms with Gasteiger partial charge in [-0.05, 0) is 38.0 Å². The average molecular weight is 298 g/mol. The van der Waals surface area contributed by atoms with Crippen molar-refractivity contribution in [3.05, 3.63) is 48.0 Å². The third-order valence-electron chi connectivity index (χ3n) is 4.10. The standard InChI is InChI=1S/C17H22N4O/c1-12(15-4-2-3-7-19-15)21-17-10-16(20-11-14(17)18)13-5-8-22-9-6-13/h2-4,7,10-13H,5-6,8-9,18H2,1H3,(H,20,21). The molecule has 0 aromatic carbocycles. The second-order valence-corrected chi connectivity index (χ2v) is 5.70. The molecule has 1 saturated heterocycles. The smallest absolute Gasteiger partial charge is 0.0736 e. The SMILES string of the molecule is CC(Nc1cc(C2CCOCC2)ncc1N)c1ccccn1. The molecule has 2 aromatic heterocycles. The van der Waals surface area contributed by atoms with Crippen LogP contribution >= 0.6 is 0 Å². The first-order valence-electron chi connectivity index (χ1n) is 7.74. The maximum absolute atomic E-state index is 6.08. The van der Waals surface area contributed by atoms with E-state index in [-0.39, 0.29) is 6.04 Å². The van der Waals surface area contributed by atoms with Gasteiger partial charge < -0.3 is 15.8 Å². The molecule has 0 bridgehead atoms. The molecule has 5 nitrogen and oxygen atoms in total. The molecule has 0 radical (unpaired) electrons. The summed E-state index contributed by atoms with van der Waals surface area (Å²) in [5, 5.41) is 3.45. The number of pyridine rings is 2. The molecular weight excluding hydrogens is 276 g/mol. The molecule has 0 aliphatic carbocycles. The monoisotopic (exact) mass is 298 g/mol. The van der Waals surface area contributed by atoms with Gasteiger partial charge in [0.15, 0.2) is 0 Å². The summed E-state index contributed by atoms with van der Waals surface area (Å²) in [6, 6.07) is 8.08. The van der Waals surface area contributed by atoms with Gasteiger partial charge in [-0.1, -0.05) is 6.07 Å². The lowest BCUT2D eigenvalue weighted by Crippen LogP contribution is -2.16. The summed E-state index contributed by atoms with van der Waals surface area (Å²) in [5.41, 5.74) is 9.75. The molecule has 3 N–H and O–H groups in total. The molecule has 0 spiro atoms. The van der Waals surface area contributed by atoms with Crippen molar-refractivity contribution in [2.45, 2.75) is 31.7 Å². The van der Waals surface area contributed by atoms with Gasteiger partial charge in [-0.15, -0.1) is 0 Å². The highest BCUT2D eigenvalue weighted by Crippen LogP contribution is 2.30. The van der Waals surface area contributed by atoms with E-state index < -0.39 is 0 Å². The van der Waals surface area contributed by atoms with Gasteiger partial charge in [-0.2, -0.15) is 0 Å². The number of nitrogens with two attached hydrogens (primary N) is 1. The number of nitrogens with one attached hydrogen (secondary N) is 1. The molecule has 1 atom stereocenters. The first-order valence-corrected chi connectivity index (χ1v) is 7.74. The Kier molecular flexibility index (Phi) is 4.53. The van der Waals surface area contributed by atoms with Crippen molar-refractivity contribution in [1.82, 2.24) is 9.97 Å². The fourth-order valence-electron chi connectivity index (χ4n) is 2.76. The fourth-order valence-corrected chi connectivity index (χ4v) is 2.76. The molecule has 0 amide bonds. The second kappa shape index (κ2) is 6.75. The van der Waals surface area contributed by atoms with E-state index >= 15 is 0 Å². The van der Waals surface area contributed by atoms with E-state index in [0.717, 1.165) is 43.1 Å². The lowest BCUT2D eigenvalue weighted by molar-refractivity contribution is 0.0845. The summed E-state index contributed by atoms with van der Waals surface area (Å²) in [6.45, 7) is 3.70. The van der Waals surface area contributed by atoms with Crippen LogP contribution in [0.25, 0.3) is 0 Å². The highest BCUT2D eigenvalue weighted by Gasteiger charge is 2.18. The Morgan fingerprint density at radius 1 is 1.27 bits per heavy atom. The number of nitrogen functional groups attached to an aromatic ring is 1. The first-order chi connectivity index (χ1) is 10.7. The van der Waals surface area contributed by atoms with E-state index in [1.807, 2.05) is 18.2 Å². The van der Waals surface area contributed by atoms with Gasteiger partial charge in [0.25, 0.3) is 0 Å². The van der Waals surface area contributed by atoms with Gasteiger partial charge >= 0.3 is 0 Å². The normalized spacial score (nSPS) is 17.1. The van der Waals surface area contributed by atoms with Crippen molar-refractivity contribution in [2.75, 3.05) is 24.3 Å². The van der Waals surface area contributed by atoms with Crippen LogP contribution in [0.1, 0.15) is 43.1 Å². The van der Waals surface area contributed by atoms with Gasteiger partial charge in [0.05, 0.1) is 29.3 Å². The third-order valence-corrected chi connectivity index (χ3v) is 4.10. The van der Waals surface area contributed by atoms with Crippen LogP contribution in [0.15, 0.2) is 36.7 Å². The van der Waals surface area contributed by atoms with Gasteiger partial charge in [0, 0.05) is 31.0 Å². The Balaban J connectivity index is 1.77. The Bertz CT molecular complexity index is 611. The summed E-state index contributed by atoms with van der Waals surface area (Å²) >= 11 is 0. The van der Waals surface area contributed by atoms with Crippen LogP contribution in [-0.4, -0.2) is 23.2 Å². The van der Waals surface area contributed by atoms with Crippen LogP contribution in [0.5, 0.6) is 0 Å². The van der Waals surface area contributed by atoms with Crippen LogP contribution in [-0.2, 0) is 4.74 Å². The Hall–Kier alpha value is -2.14. The minimum absolute atomic E-state index is 0.0911. The Morgan fingerprint density at radius 2 is 2.09 bits per heavy atom. The topological polar surface area (TPSA) is 73.1 Å². The number of nitrogens with zero attached hydrogens (tertiary/aromatic N) is 2. The highest BCUT2D eigenvalue weighted by atomic mass is 16.5. The predicted molar refractivity (Wildman–Crippen MR) is 87.7 cm³/mol. The molecule has 1 fully saturated rings. The van der Waals surface area contributed by atoms with Gasteiger partial charge in [0.2, 0.25) is 0 Å². The van der Waals surface area contributed by atoms with E-state index in [1.54, 1.807) is 12.4 Å². The summed E-state index contributed by atoms with van der Waals surface area (Å²) in [5.74, 6) is 0.458. The molecule has 0 saturated carbocycles. The predicted octanol–water partition coefficient (Wildman–Crippen LogP) is 3.13. The van der Waals surface area contributed by atoms with Crippen LogP contribution < -0.4 is 11.1 Å². The summed E-state index contributed by atoms with van der Waals surface area (Å²) in [7, 11) is 0. The van der Waals surface area contributed by atoms with Crippen molar-refractivity contribution in [3.8, 4) is 0 Å². The average Bonchev–Trinajstić information content (AvgIpc) is 2.58. The molecule has 116 valence electrons. The number of hydrogen-bond donors (Lipinski definition) is 2. The number of ether oxygens (including phenoxy) is 1. The number of rotatable bonds is 4. The molecule has 2 aromatic rings. The van der Waals surface area contributed by atoms with Gasteiger partial charge in [-0.3, -0.25) is 9.97 Å². The van der Waals surface area contributed by atoms with E-state index in [4.69, 9.17) is 10.5 Å². The highest BCUT2D eigenvalue weighted by molar-refractivity contribution is 5.66. The third kappa shape index (κ3) is 3.36. The van der Waals surface area contributed by atoms with E-state index in [0.29, 0.717) is 11.6 Å². The lowest BCUT2D eigenvalue weighted by atomic mass is 9.95. The maximum atomic E-state index is 6.08. The van der Waals surface area contributed by atoms with Crippen molar-refractivity contribution in [3.63, 3.8) is 0 Å². The van der Waals surface area contributed by atoms with Crippen LogP contribution in [0, 0.1) is 0 Å². The lowest BCUT2D eigenvalue weighted by Gasteiger charge is -2.23. The molecular formula is C17H22N4O. The first kappa shape index (κ1) is 14.8. The quantitative estimate of drug-likeness (QED) is 0.907. The molecule has 1 unspecified atom stereocenters. The van der Waals surface area contributed by atoms with E-state index in [2.05, 4.69) is 28.3 Å². The largest absolute Gasteiger partial charge is 0.396 e.